The first-order valence-corrected chi connectivity index (χ1v) is 4.47. The first-order valence-electron chi connectivity index (χ1n) is 4.47. The van der Waals surface area contributed by atoms with Crippen LogP contribution in [-0.4, -0.2) is 27.8 Å². The van der Waals surface area contributed by atoms with Gasteiger partial charge in [0.15, 0.2) is 0 Å². The molecule has 1 aliphatic rings. The first kappa shape index (κ1) is 7.80. The normalized spacial score (nSPS) is 17.8. The van der Waals surface area contributed by atoms with Crippen LogP contribution >= 0.6 is 0 Å². The smallest absolute Gasteiger partial charge is 0.0638 e. The Balaban J connectivity index is 2.05. The number of nitrogens with zero attached hydrogens (tertiary/aromatic N) is 3. The van der Waals surface area contributed by atoms with E-state index in [1.807, 2.05) is 11.7 Å². The third-order valence-corrected chi connectivity index (χ3v) is 2.46. The van der Waals surface area contributed by atoms with Crippen molar-refractivity contribution in [3.8, 4) is 0 Å². The van der Waals surface area contributed by atoms with Gasteiger partial charge in [0, 0.05) is 25.4 Å². The van der Waals surface area contributed by atoms with Gasteiger partial charge >= 0.3 is 0 Å². The number of likely N-dealkylation sites (tertiary alicyclic amines) is 1. The molecule has 1 aromatic rings. The number of rotatable bonds is 2. The molecule has 12 heavy (non-hydrogen) atoms. The van der Waals surface area contributed by atoms with Gasteiger partial charge in [-0.3, -0.25) is 9.58 Å². The summed E-state index contributed by atoms with van der Waals surface area (Å²) in [6.07, 6.45) is 3.48. The van der Waals surface area contributed by atoms with Gasteiger partial charge in [-0.15, -0.1) is 0 Å². The third kappa shape index (κ3) is 1.37. The molecule has 3 nitrogen and oxygen atoms in total. The number of aryl methyl sites for hydroxylation is 2. The van der Waals surface area contributed by atoms with Crippen molar-refractivity contribution in [2.45, 2.75) is 19.9 Å². The fourth-order valence-electron chi connectivity index (χ4n) is 1.58. The van der Waals surface area contributed by atoms with Crippen LogP contribution in [0.1, 0.15) is 17.7 Å². The lowest BCUT2D eigenvalue weighted by atomic mass is 10.2. The summed E-state index contributed by atoms with van der Waals surface area (Å²) in [4.78, 5) is 2.45. The van der Waals surface area contributed by atoms with Gasteiger partial charge < -0.3 is 0 Å². The molecule has 1 fully saturated rings. The van der Waals surface area contributed by atoms with Gasteiger partial charge in [-0.1, -0.05) is 0 Å². The van der Waals surface area contributed by atoms with E-state index in [1.165, 1.54) is 30.8 Å². The Hall–Kier alpha value is -0.830. The molecular formula is C9H15N3. The van der Waals surface area contributed by atoms with Crippen molar-refractivity contribution in [2.24, 2.45) is 7.05 Å². The predicted molar refractivity (Wildman–Crippen MR) is 47.8 cm³/mol. The summed E-state index contributed by atoms with van der Waals surface area (Å²) in [5.74, 6) is 0. The molecule has 0 unspecified atom stereocenters. The van der Waals surface area contributed by atoms with Crippen LogP contribution < -0.4 is 0 Å². The van der Waals surface area contributed by atoms with E-state index in [0.29, 0.717) is 0 Å². The van der Waals surface area contributed by atoms with Crippen LogP contribution in [0.15, 0.2) is 6.20 Å². The first-order chi connectivity index (χ1) is 5.75. The quantitative estimate of drug-likeness (QED) is 0.650. The molecule has 1 aliphatic heterocycles. The van der Waals surface area contributed by atoms with Gasteiger partial charge in [-0.05, 0) is 26.4 Å². The Labute approximate surface area is 73.0 Å². The molecule has 2 heterocycles. The van der Waals surface area contributed by atoms with E-state index in [2.05, 4.69) is 23.1 Å². The van der Waals surface area contributed by atoms with Crippen molar-refractivity contribution in [1.29, 1.82) is 0 Å². The maximum atomic E-state index is 4.31. The predicted octanol–water partition coefficient (Wildman–Crippen LogP) is 0.934. The lowest BCUT2D eigenvalue weighted by Crippen LogP contribution is -2.36. The van der Waals surface area contributed by atoms with Crippen molar-refractivity contribution in [1.82, 2.24) is 14.7 Å². The number of hydrogen-bond donors (Lipinski definition) is 0. The molecule has 0 bridgehead atoms. The Bertz CT molecular complexity index is 273. The monoisotopic (exact) mass is 165 g/mol. The Morgan fingerprint density at radius 3 is 2.67 bits per heavy atom. The Morgan fingerprint density at radius 1 is 1.50 bits per heavy atom. The summed E-state index contributed by atoms with van der Waals surface area (Å²) in [5.41, 5.74) is 2.54. The van der Waals surface area contributed by atoms with Gasteiger partial charge in [0.05, 0.1) is 5.69 Å². The van der Waals surface area contributed by atoms with Gasteiger partial charge in [0.2, 0.25) is 0 Å². The van der Waals surface area contributed by atoms with Crippen molar-refractivity contribution in [2.75, 3.05) is 13.1 Å². The van der Waals surface area contributed by atoms with E-state index >= 15 is 0 Å². The zero-order valence-corrected chi connectivity index (χ0v) is 7.75. The van der Waals surface area contributed by atoms with Gasteiger partial charge in [-0.25, -0.2) is 0 Å². The van der Waals surface area contributed by atoms with E-state index in [9.17, 15) is 0 Å². The van der Waals surface area contributed by atoms with Crippen LogP contribution in [0.3, 0.4) is 0 Å². The molecule has 0 N–H and O–H groups in total. The second-order valence-corrected chi connectivity index (χ2v) is 3.54. The second kappa shape index (κ2) is 2.90. The lowest BCUT2D eigenvalue weighted by molar-refractivity contribution is 0.172. The zero-order valence-electron chi connectivity index (χ0n) is 7.75. The standard InChI is InChI=1S/C9H15N3/c1-8-9(6-11(2)10-8)7-12-4-3-5-12/h6H,3-5,7H2,1-2H3. The van der Waals surface area contributed by atoms with Crippen molar-refractivity contribution < 1.29 is 0 Å². The molecule has 0 aliphatic carbocycles. The summed E-state index contributed by atoms with van der Waals surface area (Å²) in [7, 11) is 1.98. The Kier molecular flexibility index (Phi) is 1.89. The van der Waals surface area contributed by atoms with Crippen molar-refractivity contribution in [3.05, 3.63) is 17.5 Å². The van der Waals surface area contributed by atoms with E-state index < -0.39 is 0 Å². The average molecular weight is 165 g/mol. The largest absolute Gasteiger partial charge is 0.299 e. The topological polar surface area (TPSA) is 21.1 Å². The minimum absolute atomic E-state index is 1.08. The summed E-state index contributed by atoms with van der Waals surface area (Å²) >= 11 is 0. The maximum absolute atomic E-state index is 4.31. The number of hydrogen-bond acceptors (Lipinski definition) is 2. The molecule has 0 amide bonds. The molecule has 0 spiro atoms. The summed E-state index contributed by atoms with van der Waals surface area (Å²) in [5, 5.41) is 4.31. The van der Waals surface area contributed by atoms with E-state index in [-0.39, 0.29) is 0 Å². The molecule has 0 aromatic carbocycles. The molecule has 2 rings (SSSR count). The molecular weight excluding hydrogens is 150 g/mol. The SMILES string of the molecule is Cc1nn(C)cc1CN1CCC1. The average Bonchev–Trinajstić information content (AvgIpc) is 2.21. The molecule has 66 valence electrons. The van der Waals surface area contributed by atoms with Gasteiger partial charge in [0.1, 0.15) is 0 Å². The molecule has 0 atom stereocenters. The van der Waals surface area contributed by atoms with E-state index in [0.717, 1.165) is 6.54 Å². The zero-order chi connectivity index (χ0) is 8.55. The van der Waals surface area contributed by atoms with Crippen LogP contribution in [0, 0.1) is 6.92 Å². The second-order valence-electron chi connectivity index (χ2n) is 3.54. The van der Waals surface area contributed by atoms with Crippen LogP contribution in [0.5, 0.6) is 0 Å². The molecule has 0 radical (unpaired) electrons. The van der Waals surface area contributed by atoms with E-state index in [4.69, 9.17) is 0 Å². The summed E-state index contributed by atoms with van der Waals surface area (Å²) < 4.78 is 1.89. The molecule has 1 saturated heterocycles. The van der Waals surface area contributed by atoms with Crippen LogP contribution in [0.2, 0.25) is 0 Å². The van der Waals surface area contributed by atoms with Crippen LogP contribution in [0.4, 0.5) is 0 Å². The van der Waals surface area contributed by atoms with Crippen LogP contribution in [0.25, 0.3) is 0 Å². The van der Waals surface area contributed by atoms with Gasteiger partial charge in [0.25, 0.3) is 0 Å². The highest BCUT2D eigenvalue weighted by Crippen LogP contribution is 2.13. The molecule has 1 aromatic heterocycles. The highest BCUT2D eigenvalue weighted by molar-refractivity contribution is 5.15. The summed E-state index contributed by atoms with van der Waals surface area (Å²) in [6.45, 7) is 5.68. The van der Waals surface area contributed by atoms with Crippen LogP contribution in [-0.2, 0) is 13.6 Å². The Morgan fingerprint density at radius 2 is 2.25 bits per heavy atom. The fraction of sp³-hybridized carbons (Fsp3) is 0.667. The highest BCUT2D eigenvalue weighted by Gasteiger charge is 2.15. The highest BCUT2D eigenvalue weighted by atomic mass is 15.3. The fourth-order valence-corrected chi connectivity index (χ4v) is 1.58. The number of aromatic nitrogens is 2. The van der Waals surface area contributed by atoms with Gasteiger partial charge in [-0.2, -0.15) is 5.10 Å². The molecule has 0 saturated carbocycles. The van der Waals surface area contributed by atoms with Crippen molar-refractivity contribution in [3.63, 3.8) is 0 Å². The third-order valence-electron chi connectivity index (χ3n) is 2.46. The molecule has 3 heteroatoms. The minimum Gasteiger partial charge on any atom is -0.299 e. The van der Waals surface area contributed by atoms with E-state index in [1.54, 1.807) is 0 Å². The minimum atomic E-state index is 1.08. The summed E-state index contributed by atoms with van der Waals surface area (Å²) in [6, 6.07) is 0. The van der Waals surface area contributed by atoms with Crippen molar-refractivity contribution >= 4 is 0 Å². The maximum Gasteiger partial charge on any atom is 0.0638 e. The lowest BCUT2D eigenvalue weighted by Gasteiger charge is -2.30.